The Labute approximate surface area is 182 Å². The van der Waals surface area contributed by atoms with Gasteiger partial charge in [-0.15, -0.1) is 0 Å². The second kappa shape index (κ2) is 8.79. The smallest absolute Gasteiger partial charge is 0.267 e. The number of nitrogens with zero attached hydrogens (tertiary/aromatic N) is 2. The van der Waals surface area contributed by atoms with Crippen molar-refractivity contribution in [1.82, 2.24) is 10.2 Å². The van der Waals surface area contributed by atoms with Crippen molar-refractivity contribution in [2.45, 2.75) is 44.9 Å². The van der Waals surface area contributed by atoms with Crippen LogP contribution < -0.4 is 15.0 Å². The molecular weight excluding hydrogens is 394 g/mol. The van der Waals surface area contributed by atoms with Gasteiger partial charge in [-0.2, -0.15) is 0 Å². The highest BCUT2D eigenvalue weighted by Gasteiger charge is 2.31. The fraction of sp³-hybridized carbons (Fsp3) is 0.375. The SMILES string of the molecule is CC1Oc2ccccc2N(CCC(=O)N(C)Cc2ccc(C(=O)NC3CC3)cc2)C1=O. The Morgan fingerprint density at radius 1 is 1.13 bits per heavy atom. The number of carbonyl (C=O) groups excluding carboxylic acids is 3. The molecule has 1 atom stereocenters. The Bertz CT molecular complexity index is 985. The van der Waals surface area contributed by atoms with Crippen molar-refractivity contribution in [1.29, 1.82) is 0 Å². The summed E-state index contributed by atoms with van der Waals surface area (Å²) in [5, 5.41) is 2.97. The van der Waals surface area contributed by atoms with Gasteiger partial charge in [-0.3, -0.25) is 14.4 Å². The molecule has 0 spiro atoms. The summed E-state index contributed by atoms with van der Waals surface area (Å²) in [5.41, 5.74) is 2.27. The third-order valence-electron chi connectivity index (χ3n) is 5.60. The van der Waals surface area contributed by atoms with Gasteiger partial charge in [0.05, 0.1) is 5.69 Å². The molecule has 1 aliphatic carbocycles. The van der Waals surface area contributed by atoms with Crippen LogP contribution in [0, 0.1) is 0 Å². The Morgan fingerprint density at radius 2 is 1.84 bits per heavy atom. The molecule has 2 aromatic carbocycles. The Balaban J connectivity index is 1.32. The number of carbonyl (C=O) groups is 3. The lowest BCUT2D eigenvalue weighted by Crippen LogP contribution is -2.45. The topological polar surface area (TPSA) is 79.0 Å². The van der Waals surface area contributed by atoms with Crippen molar-refractivity contribution in [3.63, 3.8) is 0 Å². The van der Waals surface area contributed by atoms with Crippen molar-refractivity contribution >= 4 is 23.4 Å². The summed E-state index contributed by atoms with van der Waals surface area (Å²) in [7, 11) is 1.74. The highest BCUT2D eigenvalue weighted by atomic mass is 16.5. The van der Waals surface area contributed by atoms with E-state index in [0.717, 1.165) is 18.4 Å². The summed E-state index contributed by atoms with van der Waals surface area (Å²) in [4.78, 5) is 40.6. The number of amides is 3. The van der Waals surface area contributed by atoms with Crippen molar-refractivity contribution in [3.8, 4) is 5.75 Å². The molecule has 0 radical (unpaired) electrons. The molecule has 1 heterocycles. The third-order valence-corrected chi connectivity index (χ3v) is 5.60. The third kappa shape index (κ3) is 4.87. The minimum absolute atomic E-state index is 0.0526. The molecule has 1 aliphatic heterocycles. The summed E-state index contributed by atoms with van der Waals surface area (Å²) in [6, 6.07) is 15.0. The molecule has 1 fully saturated rings. The molecule has 162 valence electrons. The van der Waals surface area contributed by atoms with Crippen LogP contribution in [-0.2, 0) is 16.1 Å². The van der Waals surface area contributed by atoms with E-state index in [2.05, 4.69) is 5.32 Å². The Hall–Kier alpha value is -3.35. The second-order valence-electron chi connectivity index (χ2n) is 8.16. The van der Waals surface area contributed by atoms with Gasteiger partial charge in [-0.25, -0.2) is 0 Å². The second-order valence-corrected chi connectivity index (χ2v) is 8.16. The van der Waals surface area contributed by atoms with E-state index in [-0.39, 0.29) is 24.1 Å². The summed E-state index contributed by atoms with van der Waals surface area (Å²) in [6.45, 7) is 2.45. The van der Waals surface area contributed by atoms with Crippen molar-refractivity contribution in [2.24, 2.45) is 0 Å². The van der Waals surface area contributed by atoms with E-state index < -0.39 is 6.10 Å². The standard InChI is InChI=1S/C24H27N3O4/c1-16-24(30)27(20-5-3-4-6-21(20)31-16)14-13-22(28)26(2)15-17-7-9-18(10-8-17)23(29)25-19-11-12-19/h3-10,16,19H,11-15H2,1-2H3,(H,25,29). The summed E-state index contributed by atoms with van der Waals surface area (Å²) >= 11 is 0. The zero-order chi connectivity index (χ0) is 22.0. The van der Waals surface area contributed by atoms with Crippen LogP contribution in [0.15, 0.2) is 48.5 Å². The van der Waals surface area contributed by atoms with Crippen LogP contribution in [0.2, 0.25) is 0 Å². The van der Waals surface area contributed by atoms with E-state index in [1.165, 1.54) is 0 Å². The van der Waals surface area contributed by atoms with Crippen LogP contribution in [0.4, 0.5) is 5.69 Å². The minimum Gasteiger partial charge on any atom is -0.479 e. The minimum atomic E-state index is -0.571. The number of para-hydroxylation sites is 2. The fourth-order valence-electron chi connectivity index (χ4n) is 3.61. The first-order valence-electron chi connectivity index (χ1n) is 10.6. The molecule has 7 nitrogen and oxygen atoms in total. The Kier molecular flexibility index (Phi) is 5.93. The summed E-state index contributed by atoms with van der Waals surface area (Å²) in [5.74, 6) is 0.401. The lowest BCUT2D eigenvalue weighted by atomic mass is 10.1. The highest BCUT2D eigenvalue weighted by molar-refractivity contribution is 6.00. The van der Waals surface area contributed by atoms with Crippen molar-refractivity contribution in [2.75, 3.05) is 18.5 Å². The van der Waals surface area contributed by atoms with Gasteiger partial charge in [-0.05, 0) is 49.6 Å². The van der Waals surface area contributed by atoms with E-state index in [1.54, 1.807) is 35.9 Å². The fourth-order valence-corrected chi connectivity index (χ4v) is 3.61. The van der Waals surface area contributed by atoms with Crippen LogP contribution in [0.5, 0.6) is 5.75 Å². The quantitative estimate of drug-likeness (QED) is 0.746. The van der Waals surface area contributed by atoms with Crippen molar-refractivity contribution < 1.29 is 19.1 Å². The van der Waals surface area contributed by atoms with E-state index in [1.807, 2.05) is 36.4 Å². The highest BCUT2D eigenvalue weighted by Crippen LogP contribution is 2.33. The molecule has 0 saturated heterocycles. The zero-order valence-electron chi connectivity index (χ0n) is 17.8. The van der Waals surface area contributed by atoms with E-state index in [0.29, 0.717) is 36.1 Å². The summed E-state index contributed by atoms with van der Waals surface area (Å²) < 4.78 is 5.64. The molecule has 1 N–H and O–H groups in total. The van der Waals surface area contributed by atoms with Gasteiger partial charge in [0.25, 0.3) is 11.8 Å². The Morgan fingerprint density at radius 3 is 2.55 bits per heavy atom. The van der Waals surface area contributed by atoms with Gasteiger partial charge >= 0.3 is 0 Å². The maximum absolute atomic E-state index is 12.7. The van der Waals surface area contributed by atoms with Crippen LogP contribution in [0.25, 0.3) is 0 Å². The maximum Gasteiger partial charge on any atom is 0.267 e. The maximum atomic E-state index is 12.7. The molecule has 31 heavy (non-hydrogen) atoms. The molecule has 3 amide bonds. The molecule has 2 aromatic rings. The average Bonchev–Trinajstić information content (AvgIpc) is 3.58. The molecule has 0 bridgehead atoms. The van der Waals surface area contributed by atoms with Gasteiger partial charge in [0, 0.05) is 38.2 Å². The molecule has 1 saturated carbocycles. The monoisotopic (exact) mass is 421 g/mol. The molecule has 1 unspecified atom stereocenters. The normalized spacial score (nSPS) is 17.5. The van der Waals surface area contributed by atoms with Gasteiger partial charge in [0.1, 0.15) is 5.75 Å². The molecule has 7 heteroatoms. The number of hydrogen-bond donors (Lipinski definition) is 1. The first kappa shape index (κ1) is 20.9. The number of rotatable bonds is 7. The number of ether oxygens (including phenoxy) is 1. The van der Waals surface area contributed by atoms with Crippen LogP contribution >= 0.6 is 0 Å². The van der Waals surface area contributed by atoms with E-state index >= 15 is 0 Å². The predicted octanol–water partition coefficient (Wildman–Crippen LogP) is 2.74. The predicted molar refractivity (Wildman–Crippen MR) is 117 cm³/mol. The average molecular weight is 421 g/mol. The van der Waals surface area contributed by atoms with Gasteiger partial charge in [0.2, 0.25) is 5.91 Å². The van der Waals surface area contributed by atoms with Gasteiger partial charge < -0.3 is 19.9 Å². The lowest BCUT2D eigenvalue weighted by molar-refractivity contribution is -0.130. The van der Waals surface area contributed by atoms with Gasteiger partial charge in [0.15, 0.2) is 6.10 Å². The van der Waals surface area contributed by atoms with Gasteiger partial charge in [-0.1, -0.05) is 24.3 Å². The lowest BCUT2D eigenvalue weighted by Gasteiger charge is -2.33. The number of benzene rings is 2. The number of fused-ring (bicyclic) bond motifs is 1. The molecule has 2 aliphatic rings. The van der Waals surface area contributed by atoms with Crippen LogP contribution in [0.3, 0.4) is 0 Å². The first-order valence-corrected chi connectivity index (χ1v) is 10.6. The van der Waals surface area contributed by atoms with E-state index in [4.69, 9.17) is 4.74 Å². The number of nitrogens with one attached hydrogen (secondary N) is 1. The first-order chi connectivity index (χ1) is 14.9. The zero-order valence-corrected chi connectivity index (χ0v) is 17.8. The van der Waals surface area contributed by atoms with E-state index in [9.17, 15) is 14.4 Å². The molecule has 4 rings (SSSR count). The summed E-state index contributed by atoms with van der Waals surface area (Å²) in [6.07, 6.45) is 1.75. The van der Waals surface area contributed by atoms with Crippen LogP contribution in [0.1, 0.15) is 42.1 Å². The number of hydrogen-bond acceptors (Lipinski definition) is 4. The largest absolute Gasteiger partial charge is 0.479 e. The van der Waals surface area contributed by atoms with Crippen LogP contribution in [-0.4, -0.2) is 48.4 Å². The number of anilines is 1. The van der Waals surface area contributed by atoms with Crippen molar-refractivity contribution in [3.05, 3.63) is 59.7 Å². The molecule has 0 aromatic heterocycles. The molecular formula is C24H27N3O4.